The maximum absolute atomic E-state index is 13.7. The van der Waals surface area contributed by atoms with E-state index < -0.39 is 5.82 Å². The molecule has 0 bridgehead atoms. The molecule has 1 heterocycles. The summed E-state index contributed by atoms with van der Waals surface area (Å²) in [5.74, 6) is -0.920. The number of hydrogen-bond acceptors (Lipinski definition) is 2. The number of nitrogens with zero attached hydrogens (tertiary/aromatic N) is 2. The van der Waals surface area contributed by atoms with E-state index in [4.69, 9.17) is 0 Å². The summed E-state index contributed by atoms with van der Waals surface area (Å²) in [4.78, 5) is 27.8. The van der Waals surface area contributed by atoms with E-state index in [2.05, 4.69) is 5.32 Å². The van der Waals surface area contributed by atoms with E-state index in [0.29, 0.717) is 37.4 Å². The third-order valence-corrected chi connectivity index (χ3v) is 4.31. The van der Waals surface area contributed by atoms with Gasteiger partial charge in [0.2, 0.25) is 5.91 Å². The van der Waals surface area contributed by atoms with Gasteiger partial charge in [-0.3, -0.25) is 4.79 Å². The number of anilines is 1. The number of carbonyl (C=O) groups excluding carboxylic acids is 2. The van der Waals surface area contributed by atoms with Gasteiger partial charge in [0.05, 0.1) is 6.42 Å². The van der Waals surface area contributed by atoms with Gasteiger partial charge in [0, 0.05) is 31.9 Å². The summed E-state index contributed by atoms with van der Waals surface area (Å²) in [6, 6.07) is 11.4. The topological polar surface area (TPSA) is 52.7 Å². The molecule has 5 nitrogen and oxygen atoms in total. The first-order chi connectivity index (χ1) is 12.5. The molecule has 0 unspecified atom stereocenters. The molecule has 26 heavy (non-hydrogen) atoms. The molecule has 1 fully saturated rings. The highest BCUT2D eigenvalue weighted by atomic mass is 19.1. The number of urea groups is 1. The average Bonchev–Trinajstić information content (AvgIpc) is 2.65. The number of benzene rings is 2. The molecule has 0 aromatic heterocycles. The molecule has 1 N–H and O–H groups in total. The minimum absolute atomic E-state index is 0.00838. The Morgan fingerprint density at radius 2 is 1.50 bits per heavy atom. The number of rotatable bonds is 3. The molecular weight excluding hydrogens is 340 g/mol. The Hall–Kier alpha value is -2.96. The van der Waals surface area contributed by atoms with Crippen LogP contribution >= 0.6 is 0 Å². The van der Waals surface area contributed by atoms with E-state index in [9.17, 15) is 18.4 Å². The number of carbonyl (C=O) groups is 2. The van der Waals surface area contributed by atoms with Gasteiger partial charge in [-0.2, -0.15) is 0 Å². The van der Waals surface area contributed by atoms with Gasteiger partial charge < -0.3 is 15.1 Å². The van der Waals surface area contributed by atoms with Gasteiger partial charge in [-0.05, 0) is 35.9 Å². The van der Waals surface area contributed by atoms with Crippen molar-refractivity contribution in [3.05, 3.63) is 65.7 Å². The van der Waals surface area contributed by atoms with Gasteiger partial charge in [0.25, 0.3) is 0 Å². The fraction of sp³-hybridized carbons (Fsp3) is 0.263. The van der Waals surface area contributed by atoms with Crippen LogP contribution in [0.2, 0.25) is 0 Å². The summed E-state index contributed by atoms with van der Waals surface area (Å²) < 4.78 is 26.6. The van der Waals surface area contributed by atoms with Crippen molar-refractivity contribution in [2.45, 2.75) is 6.42 Å². The van der Waals surface area contributed by atoms with Gasteiger partial charge >= 0.3 is 6.03 Å². The SMILES string of the molecule is O=C(Cc1ccccc1F)N1CCN(C(=O)Nc2ccc(F)cc2)CC1. The first kappa shape index (κ1) is 17.8. The lowest BCUT2D eigenvalue weighted by Crippen LogP contribution is -2.52. The number of hydrogen-bond donors (Lipinski definition) is 1. The summed E-state index contributed by atoms with van der Waals surface area (Å²) in [5, 5.41) is 2.70. The van der Waals surface area contributed by atoms with Crippen molar-refractivity contribution in [2.24, 2.45) is 0 Å². The van der Waals surface area contributed by atoms with Crippen LogP contribution < -0.4 is 5.32 Å². The monoisotopic (exact) mass is 359 g/mol. The first-order valence-electron chi connectivity index (χ1n) is 8.35. The first-order valence-corrected chi connectivity index (χ1v) is 8.35. The molecule has 0 saturated carbocycles. The van der Waals surface area contributed by atoms with Gasteiger partial charge in [0.1, 0.15) is 11.6 Å². The number of nitrogens with one attached hydrogen (secondary N) is 1. The second kappa shape index (κ2) is 7.95. The lowest BCUT2D eigenvalue weighted by atomic mass is 10.1. The van der Waals surface area contributed by atoms with Crippen LogP contribution in [0.4, 0.5) is 19.3 Å². The zero-order valence-electron chi connectivity index (χ0n) is 14.1. The van der Waals surface area contributed by atoms with Gasteiger partial charge in [0.15, 0.2) is 0 Å². The van der Waals surface area contributed by atoms with E-state index in [1.54, 1.807) is 28.0 Å². The van der Waals surface area contributed by atoms with Crippen molar-refractivity contribution in [3.8, 4) is 0 Å². The smallest absolute Gasteiger partial charge is 0.321 e. The lowest BCUT2D eigenvalue weighted by Gasteiger charge is -2.34. The van der Waals surface area contributed by atoms with Gasteiger partial charge in [-0.15, -0.1) is 0 Å². The van der Waals surface area contributed by atoms with Crippen LogP contribution in [-0.2, 0) is 11.2 Å². The molecular formula is C19H19F2N3O2. The molecule has 0 atom stereocenters. The Kier molecular flexibility index (Phi) is 5.46. The van der Waals surface area contributed by atoms with Crippen molar-refractivity contribution >= 4 is 17.6 Å². The van der Waals surface area contributed by atoms with Crippen molar-refractivity contribution in [3.63, 3.8) is 0 Å². The van der Waals surface area contributed by atoms with Gasteiger partial charge in [-0.25, -0.2) is 13.6 Å². The largest absolute Gasteiger partial charge is 0.339 e. The molecule has 7 heteroatoms. The van der Waals surface area contributed by atoms with Crippen LogP contribution in [0.3, 0.4) is 0 Å². The third kappa shape index (κ3) is 4.36. The van der Waals surface area contributed by atoms with Crippen LogP contribution in [-0.4, -0.2) is 47.9 Å². The van der Waals surface area contributed by atoms with E-state index in [1.807, 2.05) is 0 Å². The summed E-state index contributed by atoms with van der Waals surface area (Å²) in [6.07, 6.45) is 0.00838. The fourth-order valence-electron chi connectivity index (χ4n) is 2.81. The minimum atomic E-state index is -0.391. The molecule has 3 rings (SSSR count). The Balaban J connectivity index is 1.50. The molecule has 1 saturated heterocycles. The molecule has 1 aliphatic rings. The zero-order valence-corrected chi connectivity index (χ0v) is 14.1. The van der Waals surface area contributed by atoms with Crippen LogP contribution in [0.25, 0.3) is 0 Å². The molecule has 0 radical (unpaired) electrons. The number of amides is 3. The molecule has 3 amide bonds. The van der Waals surface area contributed by atoms with Crippen LogP contribution in [0.5, 0.6) is 0 Å². The van der Waals surface area contributed by atoms with Crippen molar-refractivity contribution in [2.75, 3.05) is 31.5 Å². The van der Waals surface area contributed by atoms with Gasteiger partial charge in [-0.1, -0.05) is 18.2 Å². The van der Waals surface area contributed by atoms with E-state index in [-0.39, 0.29) is 24.2 Å². The normalized spacial score (nSPS) is 14.2. The molecule has 0 spiro atoms. The lowest BCUT2D eigenvalue weighted by molar-refractivity contribution is -0.131. The average molecular weight is 359 g/mol. The predicted octanol–water partition coefficient (Wildman–Crippen LogP) is 2.88. The maximum Gasteiger partial charge on any atom is 0.321 e. The molecule has 0 aliphatic carbocycles. The number of piperazine rings is 1. The van der Waals surface area contributed by atoms with E-state index >= 15 is 0 Å². The van der Waals surface area contributed by atoms with Crippen LogP contribution in [0, 0.1) is 11.6 Å². The Morgan fingerprint density at radius 3 is 2.15 bits per heavy atom. The van der Waals surface area contributed by atoms with Crippen molar-refractivity contribution < 1.29 is 18.4 Å². The highest BCUT2D eigenvalue weighted by Gasteiger charge is 2.24. The summed E-state index contributed by atoms with van der Waals surface area (Å²) >= 11 is 0. The molecule has 1 aliphatic heterocycles. The summed E-state index contributed by atoms with van der Waals surface area (Å²) in [7, 11) is 0. The van der Waals surface area contributed by atoms with Crippen molar-refractivity contribution in [1.82, 2.24) is 9.80 Å². The van der Waals surface area contributed by atoms with Crippen LogP contribution in [0.1, 0.15) is 5.56 Å². The zero-order chi connectivity index (χ0) is 18.5. The second-order valence-corrected chi connectivity index (χ2v) is 6.07. The third-order valence-electron chi connectivity index (χ3n) is 4.31. The summed E-state index contributed by atoms with van der Waals surface area (Å²) in [5.41, 5.74) is 0.878. The molecule has 2 aromatic rings. The number of halogens is 2. The Bertz CT molecular complexity index is 788. The fourth-order valence-corrected chi connectivity index (χ4v) is 2.81. The predicted molar refractivity (Wildman–Crippen MR) is 93.7 cm³/mol. The van der Waals surface area contributed by atoms with Crippen molar-refractivity contribution in [1.29, 1.82) is 0 Å². The molecule has 136 valence electrons. The van der Waals surface area contributed by atoms with Crippen LogP contribution in [0.15, 0.2) is 48.5 Å². The van der Waals surface area contributed by atoms with E-state index in [1.165, 1.54) is 30.3 Å². The highest BCUT2D eigenvalue weighted by Crippen LogP contribution is 2.13. The minimum Gasteiger partial charge on any atom is -0.339 e. The second-order valence-electron chi connectivity index (χ2n) is 6.07. The van der Waals surface area contributed by atoms with E-state index in [0.717, 1.165) is 0 Å². The summed E-state index contributed by atoms with van der Waals surface area (Å²) in [6.45, 7) is 1.56. The Labute approximate surface area is 150 Å². The maximum atomic E-state index is 13.7. The Morgan fingerprint density at radius 1 is 0.885 bits per heavy atom. The quantitative estimate of drug-likeness (QED) is 0.916. The standard InChI is InChI=1S/C19H19F2N3O2/c20-15-5-7-16(8-6-15)22-19(26)24-11-9-23(10-12-24)18(25)13-14-3-1-2-4-17(14)21/h1-8H,9-13H2,(H,22,26). The molecule has 2 aromatic carbocycles. The highest BCUT2D eigenvalue weighted by molar-refractivity contribution is 5.89.